The maximum Gasteiger partial charge on any atom is 0.200 e. The van der Waals surface area contributed by atoms with E-state index in [1.807, 2.05) is 0 Å². The van der Waals surface area contributed by atoms with Crippen molar-refractivity contribution in [2.24, 2.45) is 0 Å². The average molecular weight is 835 g/mol. The van der Waals surface area contributed by atoms with Crippen LogP contribution >= 0.6 is 0 Å². The van der Waals surface area contributed by atoms with Gasteiger partial charge in [0.05, 0.1) is 12.6 Å². The number of halogens is 20. The Balaban J connectivity index is 0.000000544. The maximum atomic E-state index is 15.4. The molecule has 0 amide bonds. The van der Waals surface area contributed by atoms with Crippen LogP contribution < -0.4 is 27.2 Å². The zero-order valence-corrected chi connectivity index (χ0v) is 28.2. The summed E-state index contributed by atoms with van der Waals surface area (Å²) in [7, 11) is 2.25. The summed E-state index contributed by atoms with van der Waals surface area (Å²) in [5.74, 6) is -71.4. The highest BCUT2D eigenvalue weighted by atomic mass is 19.2. The van der Waals surface area contributed by atoms with Crippen molar-refractivity contribution in [2.45, 2.75) is 57.4 Å². The van der Waals surface area contributed by atoms with E-state index < -0.39 is 144 Å². The first-order valence-corrected chi connectivity index (χ1v) is 16.1. The molecule has 4 aromatic carbocycles. The summed E-state index contributed by atoms with van der Waals surface area (Å²) in [5.41, 5.74) is -13.7. The van der Waals surface area contributed by atoms with Crippen LogP contribution in [0.5, 0.6) is 0 Å². The Morgan fingerprint density at radius 3 is 0.732 bits per heavy atom. The van der Waals surface area contributed by atoms with Gasteiger partial charge in [-0.05, 0) is 12.8 Å². The number of nitrogens with two attached hydrogens (primary N) is 1. The predicted octanol–water partition coefficient (Wildman–Crippen LogP) is 7.53. The van der Waals surface area contributed by atoms with Crippen molar-refractivity contribution >= 4 is 28.0 Å². The molecule has 0 unspecified atom stereocenters. The first kappa shape index (κ1) is 44.2. The summed E-state index contributed by atoms with van der Waals surface area (Å²) < 4.78 is 294. The third kappa shape index (κ3) is 6.63. The Kier molecular flexibility index (Phi) is 12.8. The van der Waals surface area contributed by atoms with E-state index in [4.69, 9.17) is 0 Å². The molecular weight excluding hydrogens is 813 g/mol. The Labute approximate surface area is 302 Å². The van der Waals surface area contributed by atoms with E-state index in [-0.39, 0.29) is 0 Å². The van der Waals surface area contributed by atoms with Gasteiger partial charge in [0, 0.05) is 19.3 Å². The summed E-state index contributed by atoms with van der Waals surface area (Å²) in [4.78, 5) is 0. The molecule has 2 N–H and O–H groups in total. The normalized spacial score (nSPS) is 14.2. The molecule has 1 saturated carbocycles. The lowest BCUT2D eigenvalue weighted by molar-refractivity contribution is -0.708. The lowest BCUT2D eigenvalue weighted by Gasteiger charge is -2.44. The fourth-order valence-electron chi connectivity index (χ4n) is 7.31. The molecule has 4 aromatic rings. The topological polar surface area (TPSA) is 16.6 Å². The van der Waals surface area contributed by atoms with Crippen molar-refractivity contribution in [3.05, 3.63) is 116 Å². The van der Waals surface area contributed by atoms with Gasteiger partial charge in [0.1, 0.15) is 52.7 Å². The van der Waals surface area contributed by atoms with Gasteiger partial charge < -0.3 is 5.32 Å². The van der Waals surface area contributed by atoms with Gasteiger partial charge in [-0.3, -0.25) is 0 Å². The second kappa shape index (κ2) is 16.2. The van der Waals surface area contributed by atoms with Crippen molar-refractivity contribution in [1.29, 1.82) is 0 Å². The molecule has 0 saturated heterocycles. The minimum atomic E-state index is -7.22. The van der Waals surface area contributed by atoms with Gasteiger partial charge in [-0.1, -0.05) is 19.8 Å². The zero-order valence-electron chi connectivity index (χ0n) is 28.2. The van der Waals surface area contributed by atoms with Crippen molar-refractivity contribution in [3.8, 4) is 0 Å². The zero-order chi connectivity index (χ0) is 42.5. The molecule has 22 heteroatoms. The highest BCUT2D eigenvalue weighted by molar-refractivity contribution is 7.20. The Morgan fingerprint density at radius 2 is 0.554 bits per heavy atom. The van der Waals surface area contributed by atoms with Crippen LogP contribution in [-0.2, 0) is 0 Å². The maximum absolute atomic E-state index is 15.4. The second-order valence-electron chi connectivity index (χ2n) is 12.8. The fraction of sp³-hybridized carbons (Fsp3) is 0.294. The van der Waals surface area contributed by atoms with E-state index in [1.54, 1.807) is 0 Å². The van der Waals surface area contributed by atoms with Crippen LogP contribution in [0.25, 0.3) is 0 Å². The SMILES string of the molecule is CCCC1([NH2+]C)CCCCC1.Fc1c(F)c(F)c([B-](c2c(F)c(F)c(F)c(F)c2F)(c2c(F)c(F)c(F)c(F)c2F)c2c(F)c(F)c(F)c(F)c2F)c(F)c1F. The van der Waals surface area contributed by atoms with Crippen molar-refractivity contribution in [1.82, 2.24) is 0 Å². The van der Waals surface area contributed by atoms with Gasteiger partial charge >= 0.3 is 0 Å². The highest BCUT2D eigenvalue weighted by Gasteiger charge is 2.52. The van der Waals surface area contributed by atoms with Crippen LogP contribution in [0, 0.1) is 116 Å². The molecule has 1 fully saturated rings. The number of hydrogen-bond acceptors (Lipinski definition) is 0. The molecule has 0 aliphatic heterocycles. The lowest BCUT2D eigenvalue weighted by Crippen LogP contribution is -2.93. The van der Waals surface area contributed by atoms with Crippen molar-refractivity contribution in [3.63, 3.8) is 0 Å². The largest absolute Gasteiger partial charge is 0.344 e. The highest BCUT2D eigenvalue weighted by Crippen LogP contribution is 2.31. The van der Waals surface area contributed by atoms with Gasteiger partial charge in [0.2, 0.25) is 0 Å². The van der Waals surface area contributed by atoms with Gasteiger partial charge in [-0.2, -0.15) is 0 Å². The van der Waals surface area contributed by atoms with Crippen molar-refractivity contribution in [2.75, 3.05) is 7.05 Å². The molecular formula is C34H22BF20N. The quantitative estimate of drug-likeness (QED) is 0.0860. The molecule has 0 radical (unpaired) electrons. The van der Waals surface area contributed by atoms with E-state index in [0.29, 0.717) is 5.54 Å². The summed E-state index contributed by atoms with van der Waals surface area (Å²) in [5, 5.41) is 2.47. The molecule has 56 heavy (non-hydrogen) atoms. The summed E-state index contributed by atoms with van der Waals surface area (Å²) in [6, 6.07) is 0. The molecule has 1 aliphatic rings. The number of benzene rings is 4. The standard InChI is InChI=1S/C24BF20.C10H21N/c26-5-1(6(27)14(35)21(42)13(5)34)25(2-7(28)15(36)22(43)16(37)8(2)29,3-9(30)17(38)23(44)18(39)10(3)31)4-11(32)19(40)24(45)20(41)12(4)33;1-3-7-10(11-2)8-5-4-6-9-10/h;11H,3-9H2,1-2H3/q-1;/p+1. The summed E-state index contributed by atoms with van der Waals surface area (Å²) in [6.45, 7) is 2.31. The van der Waals surface area contributed by atoms with Crippen molar-refractivity contribution < 1.29 is 93.1 Å². The molecule has 0 bridgehead atoms. The van der Waals surface area contributed by atoms with Gasteiger partial charge in [0.25, 0.3) is 0 Å². The summed E-state index contributed by atoms with van der Waals surface area (Å²) >= 11 is 0. The molecule has 1 nitrogen and oxygen atoms in total. The number of hydrogen-bond donors (Lipinski definition) is 1. The van der Waals surface area contributed by atoms with Crippen LogP contribution in [0.15, 0.2) is 0 Å². The molecule has 0 aromatic heterocycles. The average Bonchev–Trinajstić information content (AvgIpc) is 3.18. The monoisotopic (exact) mass is 835 g/mol. The minimum Gasteiger partial charge on any atom is -0.344 e. The Morgan fingerprint density at radius 1 is 0.357 bits per heavy atom. The van der Waals surface area contributed by atoms with Crippen LogP contribution in [0.3, 0.4) is 0 Å². The van der Waals surface area contributed by atoms with Crippen LogP contribution in [0.1, 0.15) is 51.9 Å². The van der Waals surface area contributed by atoms with Gasteiger partial charge in [-0.25, -0.2) is 87.8 Å². The third-order valence-electron chi connectivity index (χ3n) is 9.92. The lowest BCUT2D eigenvalue weighted by atomic mass is 9.12. The minimum absolute atomic E-state index is 0.646. The van der Waals surface area contributed by atoms with E-state index in [2.05, 4.69) is 19.3 Å². The molecule has 306 valence electrons. The Hall–Kier alpha value is -4.50. The van der Waals surface area contributed by atoms with E-state index in [1.165, 1.54) is 44.9 Å². The van der Waals surface area contributed by atoms with Crippen LogP contribution in [0.4, 0.5) is 87.8 Å². The molecule has 0 heterocycles. The fourth-order valence-corrected chi connectivity index (χ4v) is 7.31. The molecule has 0 atom stereocenters. The van der Waals surface area contributed by atoms with E-state index in [0.717, 1.165) is 0 Å². The van der Waals surface area contributed by atoms with Gasteiger partial charge in [0.15, 0.2) is 69.8 Å². The number of rotatable bonds is 7. The third-order valence-corrected chi connectivity index (χ3v) is 9.92. The van der Waals surface area contributed by atoms with Gasteiger partial charge in [-0.15, -0.1) is 21.9 Å². The van der Waals surface area contributed by atoms with E-state index >= 15 is 35.1 Å². The Bertz CT molecular complexity index is 1810. The number of quaternary nitrogens is 1. The summed E-state index contributed by atoms with van der Waals surface area (Å²) in [6.07, 6.45) is 2.86. The smallest absolute Gasteiger partial charge is 0.200 e. The second-order valence-corrected chi connectivity index (χ2v) is 12.8. The molecule has 1 aliphatic carbocycles. The van der Waals surface area contributed by atoms with Crippen LogP contribution in [-0.4, -0.2) is 18.7 Å². The predicted molar refractivity (Wildman–Crippen MR) is 158 cm³/mol. The first-order valence-electron chi connectivity index (χ1n) is 16.1. The molecule has 0 spiro atoms. The molecule has 5 rings (SSSR count). The first-order chi connectivity index (χ1) is 26.0. The van der Waals surface area contributed by atoms with Crippen LogP contribution in [0.2, 0.25) is 0 Å². The van der Waals surface area contributed by atoms with E-state index in [9.17, 15) is 52.7 Å².